The van der Waals surface area contributed by atoms with Crippen molar-refractivity contribution in [1.29, 1.82) is 0 Å². The van der Waals surface area contributed by atoms with Gasteiger partial charge >= 0.3 is 0 Å². The summed E-state index contributed by atoms with van der Waals surface area (Å²) in [4.78, 5) is 16.0. The third kappa shape index (κ3) is 3.67. The molecule has 1 amide bonds. The Balaban J connectivity index is 1.60. The number of fused-ring (bicyclic) bond motifs is 1. The van der Waals surface area contributed by atoms with Gasteiger partial charge in [-0.15, -0.1) is 0 Å². The zero-order chi connectivity index (χ0) is 21.5. The van der Waals surface area contributed by atoms with Gasteiger partial charge in [0.25, 0.3) is 16.0 Å². The van der Waals surface area contributed by atoms with Gasteiger partial charge in [-0.3, -0.25) is 9.35 Å². The Labute approximate surface area is 179 Å². The predicted octanol–water partition coefficient (Wildman–Crippen LogP) is 4.06. The first-order chi connectivity index (χ1) is 14.3. The molecule has 2 aliphatic rings. The zero-order valence-electron chi connectivity index (χ0n) is 16.3. The molecular weight excluding hydrogens is 422 g/mol. The predicted molar refractivity (Wildman–Crippen MR) is 118 cm³/mol. The Morgan fingerprint density at radius 2 is 1.80 bits per heavy atom. The van der Waals surface area contributed by atoms with Crippen molar-refractivity contribution in [2.24, 2.45) is 5.10 Å². The van der Waals surface area contributed by atoms with Crippen LogP contribution in [0.15, 0.2) is 86.2 Å². The topological polar surface area (TPSA) is 90.3 Å². The lowest BCUT2D eigenvalue weighted by atomic mass is 10.1. The highest BCUT2D eigenvalue weighted by Crippen LogP contribution is 2.45. The van der Waals surface area contributed by atoms with E-state index in [2.05, 4.69) is 29.1 Å². The van der Waals surface area contributed by atoms with Crippen molar-refractivity contribution in [3.63, 3.8) is 0 Å². The fourth-order valence-corrected chi connectivity index (χ4v) is 4.91. The van der Waals surface area contributed by atoms with Gasteiger partial charge in [-0.1, -0.05) is 23.9 Å². The van der Waals surface area contributed by atoms with E-state index in [9.17, 15) is 13.2 Å². The number of carbonyl (C=O) groups excluding carboxylic acids is 1. The minimum Gasteiger partial charge on any atom is -0.335 e. The van der Waals surface area contributed by atoms with Crippen LogP contribution in [0.4, 0.5) is 11.4 Å². The molecule has 1 N–H and O–H groups in total. The number of thioether (sulfide) groups is 1. The Bertz CT molecular complexity index is 1220. The van der Waals surface area contributed by atoms with Crippen LogP contribution in [-0.4, -0.2) is 31.1 Å². The number of hydrogen-bond acceptors (Lipinski definition) is 6. The molecule has 0 radical (unpaired) electrons. The van der Waals surface area contributed by atoms with Gasteiger partial charge in [0.1, 0.15) is 0 Å². The normalized spacial score (nSPS) is 19.0. The fourth-order valence-electron chi connectivity index (χ4n) is 3.30. The lowest BCUT2D eigenvalue weighted by molar-refractivity contribution is -0.114. The number of para-hydroxylation sites is 1. The minimum absolute atomic E-state index is 0.239. The van der Waals surface area contributed by atoms with Crippen molar-refractivity contribution in [3.05, 3.63) is 71.3 Å². The number of rotatable bonds is 4. The van der Waals surface area contributed by atoms with E-state index in [1.807, 2.05) is 18.2 Å². The molecule has 4 rings (SSSR count). The first kappa shape index (κ1) is 20.4. The van der Waals surface area contributed by atoms with E-state index >= 15 is 0 Å². The Morgan fingerprint density at radius 3 is 2.47 bits per heavy atom. The summed E-state index contributed by atoms with van der Waals surface area (Å²) in [6.07, 6.45) is 3.69. The molecule has 2 heterocycles. The van der Waals surface area contributed by atoms with Gasteiger partial charge in [-0.25, -0.2) is 0 Å². The molecule has 0 aliphatic carbocycles. The average molecular weight is 442 g/mol. The smallest absolute Gasteiger partial charge is 0.294 e. The average Bonchev–Trinajstić information content (AvgIpc) is 3.22. The van der Waals surface area contributed by atoms with E-state index in [1.54, 1.807) is 24.8 Å². The third-order valence-electron chi connectivity index (χ3n) is 4.79. The molecule has 30 heavy (non-hydrogen) atoms. The van der Waals surface area contributed by atoms with E-state index in [0.717, 1.165) is 17.3 Å². The molecule has 0 unspecified atom stereocenters. The molecule has 0 bridgehead atoms. The second kappa shape index (κ2) is 7.75. The van der Waals surface area contributed by atoms with E-state index in [1.165, 1.54) is 34.2 Å². The van der Waals surface area contributed by atoms with Crippen LogP contribution in [0.25, 0.3) is 0 Å². The number of hydrazone groups is 1. The maximum absolute atomic E-state index is 12.9. The fraction of sp³-hybridized carbons (Fsp3) is 0.143. The molecule has 0 saturated heterocycles. The molecule has 2 aliphatic heterocycles. The maximum atomic E-state index is 12.9. The maximum Gasteiger partial charge on any atom is 0.294 e. The number of amides is 1. The van der Waals surface area contributed by atoms with Crippen molar-refractivity contribution in [3.8, 4) is 0 Å². The number of anilines is 2. The number of carbonyl (C=O) groups is 1. The summed E-state index contributed by atoms with van der Waals surface area (Å²) in [5.74, 6) is -0.299. The summed E-state index contributed by atoms with van der Waals surface area (Å²) in [5, 5.41) is 6.56. The summed E-state index contributed by atoms with van der Waals surface area (Å²) in [5.41, 5.74) is 2.60. The minimum atomic E-state index is -4.29. The highest BCUT2D eigenvalue weighted by molar-refractivity contribution is 8.03. The molecule has 0 atom stereocenters. The summed E-state index contributed by atoms with van der Waals surface area (Å²) in [6.45, 7) is 4.64. The van der Waals surface area contributed by atoms with E-state index in [0.29, 0.717) is 17.0 Å². The number of nitrogens with zero attached hydrogens (tertiary/aromatic N) is 3. The van der Waals surface area contributed by atoms with Gasteiger partial charge in [0, 0.05) is 11.4 Å². The van der Waals surface area contributed by atoms with Gasteiger partial charge in [-0.05, 0) is 62.4 Å². The first-order valence-corrected chi connectivity index (χ1v) is 11.5. The lowest BCUT2D eigenvalue weighted by Gasteiger charge is -2.17. The first-order valence-electron chi connectivity index (χ1n) is 9.23. The van der Waals surface area contributed by atoms with Crippen LogP contribution in [0.5, 0.6) is 0 Å². The van der Waals surface area contributed by atoms with Crippen molar-refractivity contribution in [2.45, 2.75) is 23.6 Å². The molecule has 0 saturated carbocycles. The van der Waals surface area contributed by atoms with Gasteiger partial charge in [0.05, 0.1) is 32.6 Å². The largest absolute Gasteiger partial charge is 0.335 e. The summed E-state index contributed by atoms with van der Waals surface area (Å²) >= 11 is 1.65. The summed E-state index contributed by atoms with van der Waals surface area (Å²) < 4.78 is 31.5. The van der Waals surface area contributed by atoms with Crippen molar-refractivity contribution >= 4 is 44.9 Å². The zero-order valence-corrected chi connectivity index (χ0v) is 17.9. The Morgan fingerprint density at radius 1 is 1.10 bits per heavy atom. The van der Waals surface area contributed by atoms with Crippen LogP contribution in [0, 0.1) is 0 Å². The molecule has 2 aromatic carbocycles. The van der Waals surface area contributed by atoms with Crippen molar-refractivity contribution in [2.75, 3.05) is 16.5 Å². The quantitative estimate of drug-likeness (QED) is 0.569. The molecule has 9 heteroatoms. The Hall–Kier alpha value is -2.88. The molecular formula is C21H19N3O4S2. The molecule has 0 aromatic heterocycles. The van der Waals surface area contributed by atoms with Gasteiger partial charge in [0.2, 0.25) is 0 Å². The SMILES string of the molecule is CCN1/C(=C\C=C2\C(=O)N(c3ccc(S(=O)(=O)O)cc3)N=C2C)Sc2ccccc21. The second-order valence-corrected chi connectivity index (χ2v) is 9.15. The van der Waals surface area contributed by atoms with Gasteiger partial charge in [0.15, 0.2) is 0 Å². The Kier molecular flexibility index (Phi) is 5.27. The van der Waals surface area contributed by atoms with Crippen LogP contribution < -0.4 is 9.91 Å². The van der Waals surface area contributed by atoms with Gasteiger partial charge in [-0.2, -0.15) is 18.5 Å². The number of hydrogen-bond donors (Lipinski definition) is 1. The van der Waals surface area contributed by atoms with Crippen LogP contribution in [0.1, 0.15) is 13.8 Å². The second-order valence-electron chi connectivity index (χ2n) is 6.67. The number of benzene rings is 2. The standard InChI is InChI=1S/C21H19N3O4S2/c1-3-23-18-6-4-5-7-19(18)29-20(23)13-12-17-14(2)22-24(21(17)25)15-8-10-16(11-9-15)30(26,27)28/h4-13H,3H2,1-2H3,(H,26,27,28)/b17-12+,20-13+. The van der Waals surface area contributed by atoms with Crippen LogP contribution in [-0.2, 0) is 14.9 Å². The van der Waals surface area contributed by atoms with E-state index in [4.69, 9.17) is 4.55 Å². The lowest BCUT2D eigenvalue weighted by Crippen LogP contribution is -2.21. The summed E-state index contributed by atoms with van der Waals surface area (Å²) in [7, 11) is -4.29. The summed E-state index contributed by atoms with van der Waals surface area (Å²) in [6, 6.07) is 13.5. The van der Waals surface area contributed by atoms with Gasteiger partial charge < -0.3 is 4.90 Å². The molecule has 2 aromatic rings. The van der Waals surface area contributed by atoms with Crippen molar-refractivity contribution < 1.29 is 17.8 Å². The van der Waals surface area contributed by atoms with Crippen LogP contribution >= 0.6 is 11.8 Å². The molecule has 7 nitrogen and oxygen atoms in total. The van der Waals surface area contributed by atoms with Crippen LogP contribution in [0.3, 0.4) is 0 Å². The highest BCUT2D eigenvalue weighted by atomic mass is 32.2. The molecule has 0 fully saturated rings. The van der Waals surface area contributed by atoms with E-state index in [-0.39, 0.29) is 10.8 Å². The third-order valence-corrected chi connectivity index (χ3v) is 6.79. The van der Waals surface area contributed by atoms with Crippen LogP contribution in [0.2, 0.25) is 0 Å². The van der Waals surface area contributed by atoms with Crippen molar-refractivity contribution in [1.82, 2.24) is 0 Å². The molecule has 154 valence electrons. The molecule has 0 spiro atoms. The highest BCUT2D eigenvalue weighted by Gasteiger charge is 2.29. The number of allylic oxidation sites excluding steroid dienone is 2. The van der Waals surface area contributed by atoms with E-state index < -0.39 is 10.1 Å². The monoisotopic (exact) mass is 441 g/mol.